The number of hydrogen-bond donors (Lipinski definition) is 0. The standard InChI is InChI=1S/C49H32N4/c1-4-16-33(17-5-1)36-22-14-24-38(30-36)47-50-48(39-25-15-23-37(31-39)34-18-6-2-7-19-34)52-49(51-47)53-44-29-13-12-28-42(44)46-41-27-11-10-26-40(41)43(32-45(46)53)35-20-8-3-9-21-35/h1-32H. The van der Waals surface area contributed by atoms with Gasteiger partial charge in [0.15, 0.2) is 11.6 Å². The lowest BCUT2D eigenvalue weighted by Gasteiger charge is -2.13. The number of rotatable bonds is 6. The summed E-state index contributed by atoms with van der Waals surface area (Å²) < 4.78 is 2.22. The van der Waals surface area contributed by atoms with E-state index in [0.29, 0.717) is 17.6 Å². The van der Waals surface area contributed by atoms with E-state index in [9.17, 15) is 0 Å². The summed E-state index contributed by atoms with van der Waals surface area (Å²) in [6.07, 6.45) is 0. The molecule has 0 amide bonds. The summed E-state index contributed by atoms with van der Waals surface area (Å²) in [5, 5.41) is 4.73. The third-order valence-electron chi connectivity index (χ3n) is 10.0. The summed E-state index contributed by atoms with van der Waals surface area (Å²) in [5.74, 6) is 1.80. The maximum absolute atomic E-state index is 5.31. The first-order valence-corrected chi connectivity index (χ1v) is 17.9. The predicted octanol–water partition coefficient (Wildman–Crippen LogP) is 12.5. The first-order chi connectivity index (χ1) is 26.3. The molecule has 0 fully saturated rings. The van der Waals surface area contributed by atoms with Crippen molar-refractivity contribution in [2.45, 2.75) is 0 Å². The number of aromatic nitrogens is 4. The van der Waals surface area contributed by atoms with E-state index in [-0.39, 0.29) is 0 Å². The van der Waals surface area contributed by atoms with E-state index in [0.717, 1.165) is 55.4 Å². The highest BCUT2D eigenvalue weighted by molar-refractivity contribution is 6.24. The molecule has 0 N–H and O–H groups in total. The molecule has 0 aliphatic rings. The van der Waals surface area contributed by atoms with Crippen LogP contribution in [0.3, 0.4) is 0 Å². The summed E-state index contributed by atoms with van der Waals surface area (Å²) >= 11 is 0. The van der Waals surface area contributed by atoms with Crippen LogP contribution >= 0.6 is 0 Å². The molecule has 2 heterocycles. The number of hydrogen-bond acceptors (Lipinski definition) is 3. The summed E-state index contributed by atoms with van der Waals surface area (Å²) in [4.78, 5) is 15.8. The van der Waals surface area contributed by atoms with Gasteiger partial charge in [0, 0.05) is 21.9 Å². The monoisotopic (exact) mass is 676 g/mol. The van der Waals surface area contributed by atoms with Crippen LogP contribution in [0, 0.1) is 0 Å². The Bertz CT molecular complexity index is 2830. The lowest BCUT2D eigenvalue weighted by atomic mass is 9.95. The van der Waals surface area contributed by atoms with Gasteiger partial charge in [-0.1, -0.05) is 170 Å². The Morgan fingerprint density at radius 3 is 1.34 bits per heavy atom. The van der Waals surface area contributed by atoms with Gasteiger partial charge >= 0.3 is 0 Å². The largest absolute Gasteiger partial charge is 0.278 e. The summed E-state index contributed by atoms with van der Waals surface area (Å²) in [7, 11) is 0. The SMILES string of the molecule is c1ccc(-c2cccc(-c3nc(-c4cccc(-c5ccccc5)c4)nc(-n4c5ccccc5c5c6ccccc6c(-c6ccccc6)cc54)n3)c2)cc1. The van der Waals surface area contributed by atoms with Crippen LogP contribution in [-0.2, 0) is 0 Å². The second-order valence-corrected chi connectivity index (χ2v) is 13.3. The van der Waals surface area contributed by atoms with Crippen molar-refractivity contribution in [3.63, 3.8) is 0 Å². The molecule has 0 spiro atoms. The Balaban J connectivity index is 1.27. The molecule has 4 nitrogen and oxygen atoms in total. The fourth-order valence-corrected chi connectivity index (χ4v) is 7.56. The molecular formula is C49H32N4. The summed E-state index contributed by atoms with van der Waals surface area (Å²) in [5.41, 5.74) is 10.7. The van der Waals surface area contributed by atoms with Crippen LogP contribution in [-0.4, -0.2) is 19.5 Å². The lowest BCUT2D eigenvalue weighted by molar-refractivity contribution is 0.954. The van der Waals surface area contributed by atoms with Crippen molar-refractivity contribution in [3.8, 4) is 62.1 Å². The van der Waals surface area contributed by atoms with E-state index in [1.54, 1.807) is 0 Å². The van der Waals surface area contributed by atoms with E-state index in [2.05, 4.69) is 187 Å². The van der Waals surface area contributed by atoms with Gasteiger partial charge in [0.05, 0.1) is 11.0 Å². The van der Waals surface area contributed by atoms with Gasteiger partial charge in [-0.2, -0.15) is 9.97 Å². The zero-order valence-electron chi connectivity index (χ0n) is 28.8. The van der Waals surface area contributed by atoms with Crippen molar-refractivity contribution in [2.75, 3.05) is 0 Å². The molecule has 8 aromatic carbocycles. The molecule has 0 saturated carbocycles. The molecule has 248 valence electrons. The highest BCUT2D eigenvalue weighted by Gasteiger charge is 2.21. The molecule has 0 unspecified atom stereocenters. The molecule has 0 aliphatic carbocycles. The molecule has 0 aliphatic heterocycles. The Hall–Kier alpha value is -7.17. The topological polar surface area (TPSA) is 43.6 Å². The van der Waals surface area contributed by atoms with Gasteiger partial charge in [-0.3, -0.25) is 4.57 Å². The van der Waals surface area contributed by atoms with Crippen LogP contribution < -0.4 is 0 Å². The minimum Gasteiger partial charge on any atom is -0.278 e. The Morgan fingerprint density at radius 1 is 0.302 bits per heavy atom. The predicted molar refractivity (Wildman–Crippen MR) is 219 cm³/mol. The maximum atomic E-state index is 5.31. The summed E-state index contributed by atoms with van der Waals surface area (Å²) in [6, 6.07) is 68.0. The van der Waals surface area contributed by atoms with Crippen molar-refractivity contribution < 1.29 is 0 Å². The van der Waals surface area contributed by atoms with Gasteiger partial charge < -0.3 is 0 Å². The first-order valence-electron chi connectivity index (χ1n) is 17.9. The molecule has 10 rings (SSSR count). The Kier molecular flexibility index (Phi) is 7.43. The van der Waals surface area contributed by atoms with E-state index >= 15 is 0 Å². The zero-order chi connectivity index (χ0) is 35.1. The van der Waals surface area contributed by atoms with Gasteiger partial charge in [0.2, 0.25) is 5.95 Å². The fourth-order valence-electron chi connectivity index (χ4n) is 7.56. The molecule has 10 aromatic rings. The molecule has 0 atom stereocenters. The fraction of sp³-hybridized carbons (Fsp3) is 0. The van der Waals surface area contributed by atoms with E-state index in [4.69, 9.17) is 15.0 Å². The van der Waals surface area contributed by atoms with Crippen LogP contribution in [0.25, 0.3) is 94.7 Å². The Morgan fingerprint density at radius 2 is 0.755 bits per heavy atom. The lowest BCUT2D eigenvalue weighted by Crippen LogP contribution is -2.06. The van der Waals surface area contributed by atoms with E-state index in [1.807, 2.05) is 12.1 Å². The van der Waals surface area contributed by atoms with E-state index < -0.39 is 0 Å². The quantitative estimate of drug-likeness (QED) is 0.176. The normalized spacial score (nSPS) is 11.4. The van der Waals surface area contributed by atoms with Crippen molar-refractivity contribution in [2.24, 2.45) is 0 Å². The minimum atomic E-state index is 0.570. The third-order valence-corrected chi connectivity index (χ3v) is 10.0. The van der Waals surface area contributed by atoms with Crippen molar-refractivity contribution in [1.29, 1.82) is 0 Å². The molecular weight excluding hydrogens is 645 g/mol. The van der Waals surface area contributed by atoms with Gasteiger partial charge in [0.25, 0.3) is 0 Å². The highest BCUT2D eigenvalue weighted by Crippen LogP contribution is 2.41. The first kappa shape index (κ1) is 30.6. The number of nitrogens with zero attached hydrogens (tertiary/aromatic N) is 4. The molecule has 0 radical (unpaired) electrons. The van der Waals surface area contributed by atoms with Crippen LogP contribution in [0.15, 0.2) is 194 Å². The third kappa shape index (κ3) is 5.45. The van der Waals surface area contributed by atoms with Gasteiger partial charge in [-0.05, 0) is 68.4 Å². The number of benzene rings is 8. The average Bonchev–Trinajstić information content (AvgIpc) is 3.59. The van der Waals surface area contributed by atoms with Crippen LogP contribution in [0.5, 0.6) is 0 Å². The van der Waals surface area contributed by atoms with Crippen molar-refractivity contribution in [1.82, 2.24) is 19.5 Å². The van der Waals surface area contributed by atoms with Crippen molar-refractivity contribution >= 4 is 32.6 Å². The average molecular weight is 677 g/mol. The zero-order valence-corrected chi connectivity index (χ0v) is 28.8. The van der Waals surface area contributed by atoms with Crippen LogP contribution in [0.2, 0.25) is 0 Å². The van der Waals surface area contributed by atoms with Gasteiger partial charge in [-0.25, -0.2) is 4.98 Å². The second-order valence-electron chi connectivity index (χ2n) is 13.3. The second kappa shape index (κ2) is 12.9. The maximum Gasteiger partial charge on any atom is 0.238 e. The van der Waals surface area contributed by atoms with E-state index in [1.165, 1.54) is 21.7 Å². The number of para-hydroxylation sites is 1. The molecule has 2 aromatic heterocycles. The highest BCUT2D eigenvalue weighted by atomic mass is 15.2. The van der Waals surface area contributed by atoms with Crippen molar-refractivity contribution in [3.05, 3.63) is 194 Å². The number of fused-ring (bicyclic) bond motifs is 5. The molecule has 4 heteroatoms. The Labute approximate surface area is 307 Å². The van der Waals surface area contributed by atoms with Gasteiger partial charge in [-0.15, -0.1) is 0 Å². The van der Waals surface area contributed by atoms with Crippen LogP contribution in [0.4, 0.5) is 0 Å². The smallest absolute Gasteiger partial charge is 0.238 e. The summed E-state index contributed by atoms with van der Waals surface area (Å²) in [6.45, 7) is 0. The molecule has 0 bridgehead atoms. The molecule has 0 saturated heterocycles. The van der Waals surface area contributed by atoms with Crippen LogP contribution in [0.1, 0.15) is 0 Å². The molecule has 53 heavy (non-hydrogen) atoms. The van der Waals surface area contributed by atoms with Gasteiger partial charge in [0.1, 0.15) is 0 Å². The minimum absolute atomic E-state index is 0.570.